The van der Waals surface area contributed by atoms with Crippen molar-refractivity contribution in [2.24, 2.45) is 0 Å². The average Bonchev–Trinajstić information content (AvgIpc) is 3.00. The Labute approximate surface area is 157 Å². The van der Waals surface area contributed by atoms with Gasteiger partial charge in [0.25, 0.3) is 5.91 Å². The van der Waals surface area contributed by atoms with E-state index in [2.05, 4.69) is 21.2 Å². The highest BCUT2D eigenvalue weighted by molar-refractivity contribution is 9.10. The van der Waals surface area contributed by atoms with Crippen LogP contribution in [0.15, 0.2) is 58.4 Å². The van der Waals surface area contributed by atoms with E-state index in [0.29, 0.717) is 16.1 Å². The number of thiophene rings is 1. The maximum Gasteiger partial charge on any atom is 0.339 e. The number of benzene rings is 2. The van der Waals surface area contributed by atoms with Crippen LogP contribution in [0.4, 0.5) is 5.00 Å². The van der Waals surface area contributed by atoms with E-state index in [9.17, 15) is 14.7 Å². The topological polar surface area (TPSA) is 66.4 Å². The van der Waals surface area contributed by atoms with Gasteiger partial charge in [-0.2, -0.15) is 0 Å². The molecule has 3 rings (SSSR count). The van der Waals surface area contributed by atoms with Gasteiger partial charge in [0.05, 0.1) is 0 Å². The van der Waals surface area contributed by atoms with Crippen molar-refractivity contribution < 1.29 is 14.7 Å². The van der Waals surface area contributed by atoms with Crippen molar-refractivity contribution in [2.75, 3.05) is 5.32 Å². The number of hydrogen-bond acceptors (Lipinski definition) is 3. The standard InChI is InChI=1S/C19H14BrNO3S/c1-11-2-4-13(5-3-11)17(22)21-18-16(19(23)24)15(10-25-18)12-6-8-14(20)9-7-12/h2-10H,1H3,(H,21,22)(H,23,24). The van der Waals surface area contributed by atoms with Gasteiger partial charge < -0.3 is 10.4 Å². The monoisotopic (exact) mass is 415 g/mol. The summed E-state index contributed by atoms with van der Waals surface area (Å²) in [6.45, 7) is 1.94. The van der Waals surface area contributed by atoms with Crippen LogP contribution in [0.2, 0.25) is 0 Å². The summed E-state index contributed by atoms with van der Waals surface area (Å²) in [5.74, 6) is -1.40. The maximum atomic E-state index is 12.4. The molecule has 1 aromatic heterocycles. The Kier molecular flexibility index (Phi) is 5.01. The van der Waals surface area contributed by atoms with Gasteiger partial charge in [-0.25, -0.2) is 4.79 Å². The normalized spacial score (nSPS) is 10.5. The molecule has 0 saturated carbocycles. The number of carboxylic acids is 1. The molecule has 126 valence electrons. The highest BCUT2D eigenvalue weighted by Crippen LogP contribution is 2.36. The number of nitrogens with one attached hydrogen (secondary N) is 1. The van der Waals surface area contributed by atoms with Gasteiger partial charge in [0, 0.05) is 21.0 Å². The van der Waals surface area contributed by atoms with E-state index in [0.717, 1.165) is 15.6 Å². The van der Waals surface area contributed by atoms with Crippen molar-refractivity contribution in [3.63, 3.8) is 0 Å². The first-order valence-corrected chi connectivity index (χ1v) is 9.11. The molecule has 0 bridgehead atoms. The van der Waals surface area contributed by atoms with Crippen molar-refractivity contribution >= 4 is 44.1 Å². The number of halogens is 1. The zero-order valence-electron chi connectivity index (χ0n) is 13.2. The number of amides is 1. The Morgan fingerprint density at radius 2 is 1.68 bits per heavy atom. The Hall–Kier alpha value is -2.44. The van der Waals surface area contributed by atoms with Gasteiger partial charge in [-0.15, -0.1) is 11.3 Å². The van der Waals surface area contributed by atoms with Gasteiger partial charge in [0.15, 0.2) is 0 Å². The van der Waals surface area contributed by atoms with Crippen LogP contribution >= 0.6 is 27.3 Å². The van der Waals surface area contributed by atoms with E-state index >= 15 is 0 Å². The molecule has 2 N–H and O–H groups in total. The number of hydrogen-bond donors (Lipinski definition) is 2. The highest BCUT2D eigenvalue weighted by Gasteiger charge is 2.21. The molecular formula is C19H14BrNO3S. The molecule has 0 radical (unpaired) electrons. The van der Waals surface area contributed by atoms with Crippen molar-refractivity contribution in [3.05, 3.63) is 75.1 Å². The Morgan fingerprint density at radius 3 is 2.28 bits per heavy atom. The molecule has 0 spiro atoms. The van der Waals surface area contributed by atoms with Gasteiger partial charge in [-0.05, 0) is 36.8 Å². The van der Waals surface area contributed by atoms with Crippen molar-refractivity contribution in [2.45, 2.75) is 6.92 Å². The van der Waals surface area contributed by atoms with Crippen LogP contribution < -0.4 is 5.32 Å². The molecule has 0 aliphatic rings. The van der Waals surface area contributed by atoms with E-state index in [-0.39, 0.29) is 11.5 Å². The third kappa shape index (κ3) is 3.81. The van der Waals surface area contributed by atoms with Gasteiger partial charge in [-0.1, -0.05) is 45.8 Å². The molecule has 0 saturated heterocycles. The Morgan fingerprint density at radius 1 is 1.04 bits per heavy atom. The van der Waals surface area contributed by atoms with Crippen LogP contribution in [0.25, 0.3) is 11.1 Å². The first-order valence-electron chi connectivity index (χ1n) is 7.44. The predicted octanol–water partition coefficient (Wildman–Crippen LogP) is 5.44. The Bertz CT molecular complexity index is 930. The van der Waals surface area contributed by atoms with Crippen LogP contribution in [0.5, 0.6) is 0 Å². The van der Waals surface area contributed by atoms with Crippen LogP contribution in [-0.2, 0) is 0 Å². The lowest BCUT2D eigenvalue weighted by Gasteiger charge is -2.06. The molecule has 0 unspecified atom stereocenters. The summed E-state index contributed by atoms with van der Waals surface area (Å²) in [6.07, 6.45) is 0. The summed E-state index contributed by atoms with van der Waals surface area (Å²) in [5, 5.41) is 14.4. The van der Waals surface area contributed by atoms with E-state index in [1.807, 2.05) is 43.3 Å². The quantitative estimate of drug-likeness (QED) is 0.596. The molecule has 0 fully saturated rings. The molecule has 0 aliphatic carbocycles. The van der Waals surface area contributed by atoms with Crippen LogP contribution in [0, 0.1) is 6.92 Å². The second-order valence-electron chi connectivity index (χ2n) is 5.49. The molecule has 0 atom stereocenters. The smallest absolute Gasteiger partial charge is 0.339 e. The second kappa shape index (κ2) is 7.21. The summed E-state index contributed by atoms with van der Waals surface area (Å²) in [7, 11) is 0. The number of carboxylic acid groups (broad SMARTS) is 1. The Balaban J connectivity index is 1.94. The summed E-state index contributed by atoms with van der Waals surface area (Å²) in [5.41, 5.74) is 3.02. The van der Waals surface area contributed by atoms with Crippen LogP contribution in [0.3, 0.4) is 0 Å². The van der Waals surface area contributed by atoms with Crippen molar-refractivity contribution in [1.82, 2.24) is 0 Å². The lowest BCUT2D eigenvalue weighted by atomic mass is 10.0. The molecule has 6 heteroatoms. The van der Waals surface area contributed by atoms with Gasteiger partial charge in [0.2, 0.25) is 0 Å². The third-order valence-corrected chi connectivity index (χ3v) is 5.13. The summed E-state index contributed by atoms with van der Waals surface area (Å²) >= 11 is 4.57. The fraction of sp³-hybridized carbons (Fsp3) is 0.0526. The molecular weight excluding hydrogens is 402 g/mol. The van der Waals surface area contributed by atoms with Gasteiger partial charge in [-0.3, -0.25) is 4.79 Å². The fourth-order valence-corrected chi connectivity index (χ4v) is 3.61. The van der Waals surface area contributed by atoms with E-state index < -0.39 is 5.97 Å². The lowest BCUT2D eigenvalue weighted by Crippen LogP contribution is -2.13. The number of carbonyl (C=O) groups excluding carboxylic acids is 1. The SMILES string of the molecule is Cc1ccc(C(=O)Nc2scc(-c3ccc(Br)cc3)c2C(=O)O)cc1. The minimum atomic E-state index is -1.07. The largest absolute Gasteiger partial charge is 0.478 e. The lowest BCUT2D eigenvalue weighted by molar-refractivity contribution is 0.0699. The van der Waals surface area contributed by atoms with Crippen LogP contribution in [0.1, 0.15) is 26.3 Å². The molecule has 2 aromatic carbocycles. The maximum absolute atomic E-state index is 12.4. The third-order valence-electron chi connectivity index (χ3n) is 3.70. The van der Waals surface area contributed by atoms with Crippen molar-refractivity contribution in [3.8, 4) is 11.1 Å². The first kappa shape index (κ1) is 17.4. The van der Waals surface area contributed by atoms with Gasteiger partial charge in [0.1, 0.15) is 10.6 Å². The molecule has 4 nitrogen and oxygen atoms in total. The second-order valence-corrected chi connectivity index (χ2v) is 7.28. The van der Waals surface area contributed by atoms with Crippen LogP contribution in [-0.4, -0.2) is 17.0 Å². The minimum absolute atomic E-state index is 0.104. The number of rotatable bonds is 4. The average molecular weight is 416 g/mol. The predicted molar refractivity (Wildman–Crippen MR) is 104 cm³/mol. The zero-order valence-corrected chi connectivity index (χ0v) is 15.6. The highest BCUT2D eigenvalue weighted by atomic mass is 79.9. The number of aryl methyl sites for hydroxylation is 1. The fourth-order valence-electron chi connectivity index (χ4n) is 2.38. The molecule has 1 heterocycles. The number of anilines is 1. The minimum Gasteiger partial charge on any atom is -0.478 e. The van der Waals surface area contributed by atoms with Crippen molar-refractivity contribution in [1.29, 1.82) is 0 Å². The molecule has 1 amide bonds. The number of aromatic carboxylic acids is 1. The molecule has 3 aromatic rings. The van der Waals surface area contributed by atoms with E-state index in [4.69, 9.17) is 0 Å². The van der Waals surface area contributed by atoms with E-state index in [1.165, 1.54) is 11.3 Å². The molecule has 25 heavy (non-hydrogen) atoms. The zero-order chi connectivity index (χ0) is 18.0. The number of carbonyl (C=O) groups is 2. The first-order chi connectivity index (χ1) is 12.0. The summed E-state index contributed by atoms with van der Waals surface area (Å²) in [6, 6.07) is 14.5. The summed E-state index contributed by atoms with van der Waals surface area (Å²) < 4.78 is 0.913. The van der Waals surface area contributed by atoms with E-state index in [1.54, 1.807) is 17.5 Å². The molecule has 0 aliphatic heterocycles. The van der Waals surface area contributed by atoms with Gasteiger partial charge >= 0.3 is 5.97 Å². The summed E-state index contributed by atoms with van der Waals surface area (Å²) in [4.78, 5) is 24.1.